The molecule has 0 spiro atoms. The minimum Gasteiger partial charge on any atom is -0.412 e. The van der Waals surface area contributed by atoms with Gasteiger partial charge in [-0.05, 0) is 0 Å². The molecular weight excluding hydrogens is 118 g/mol. The van der Waals surface area contributed by atoms with E-state index < -0.39 is 0 Å². The van der Waals surface area contributed by atoms with Crippen LogP contribution in [-0.2, 0) is 6.54 Å². The van der Waals surface area contributed by atoms with Crippen molar-refractivity contribution < 1.29 is 5.48 Å². The number of nitriles is 1. The highest BCUT2D eigenvalue weighted by atomic mass is 16.0. The summed E-state index contributed by atoms with van der Waals surface area (Å²) in [7, 11) is 0. The van der Waals surface area contributed by atoms with Gasteiger partial charge in [-0.1, -0.05) is 0 Å². The Morgan fingerprint density at radius 2 is 2.44 bits per heavy atom. The molecule has 0 atom stereocenters. The molecule has 4 heteroatoms. The summed E-state index contributed by atoms with van der Waals surface area (Å²) in [5.41, 5.74) is 0. The van der Waals surface area contributed by atoms with Crippen LogP contribution >= 0.6 is 0 Å². The maximum absolute atomic E-state index is 8.14. The molecule has 1 heterocycles. The van der Waals surface area contributed by atoms with Crippen molar-refractivity contribution in [2.45, 2.75) is 6.54 Å². The molecule has 9 heavy (non-hydrogen) atoms. The van der Waals surface area contributed by atoms with E-state index in [9.17, 15) is 0 Å². The lowest BCUT2D eigenvalue weighted by Crippen LogP contribution is -1.88. The molecule has 1 aromatic rings. The van der Waals surface area contributed by atoms with Gasteiger partial charge >= 0.3 is 0 Å². The predicted octanol–water partition coefficient (Wildman–Crippen LogP) is -0.418. The molecule has 0 fully saturated rings. The fraction of sp³-hybridized carbons (Fsp3) is 0.200. The average Bonchev–Trinajstić information content (AvgIpc) is 2.19. The van der Waals surface area contributed by atoms with Crippen molar-refractivity contribution in [1.82, 2.24) is 9.55 Å². The Hall–Kier alpha value is -1.34. The van der Waals surface area contributed by atoms with Crippen LogP contribution in [0, 0.1) is 11.3 Å². The highest BCUT2D eigenvalue weighted by molar-refractivity contribution is 4.80. The van der Waals surface area contributed by atoms with Gasteiger partial charge in [0.15, 0.2) is 0 Å². The van der Waals surface area contributed by atoms with Gasteiger partial charge in [0.1, 0.15) is 6.54 Å². The molecule has 0 saturated heterocycles. The van der Waals surface area contributed by atoms with Crippen LogP contribution in [-0.4, -0.2) is 15.0 Å². The molecule has 1 rings (SSSR count). The Morgan fingerprint density at radius 3 is 2.89 bits per heavy atom. The molecule has 0 aliphatic carbocycles. The second-order valence-electron chi connectivity index (χ2n) is 1.39. The van der Waals surface area contributed by atoms with E-state index in [1.54, 1.807) is 23.3 Å². The van der Waals surface area contributed by atoms with Gasteiger partial charge < -0.3 is 10.0 Å². The summed E-state index contributed by atoms with van der Waals surface area (Å²) in [4.78, 5) is 3.75. The highest BCUT2D eigenvalue weighted by Gasteiger charge is 1.81. The monoisotopic (exact) mass is 125 g/mol. The maximum Gasteiger partial charge on any atom is 0.111 e. The number of rotatable bonds is 1. The molecule has 0 unspecified atom stereocenters. The third-order valence-electron chi connectivity index (χ3n) is 0.812. The first-order chi connectivity index (χ1) is 3.93. The topological polar surface area (TPSA) is 73.1 Å². The second-order valence-corrected chi connectivity index (χ2v) is 1.39. The Morgan fingerprint density at radius 1 is 1.67 bits per heavy atom. The van der Waals surface area contributed by atoms with E-state index in [1.165, 1.54) is 0 Å². The van der Waals surface area contributed by atoms with Gasteiger partial charge in [0.05, 0.1) is 12.4 Å². The number of aromatic nitrogens is 2. The number of nitrogens with zero attached hydrogens (tertiary/aromatic N) is 3. The third kappa shape index (κ3) is 1.93. The molecule has 0 saturated carbocycles. The Bertz CT molecular complexity index is 186. The molecule has 0 bridgehead atoms. The summed E-state index contributed by atoms with van der Waals surface area (Å²) in [6.07, 6.45) is 5.02. The van der Waals surface area contributed by atoms with Gasteiger partial charge in [-0.15, -0.1) is 0 Å². The molecule has 0 aromatic carbocycles. The lowest BCUT2D eigenvalue weighted by atomic mass is 10.7. The Kier molecular flexibility index (Phi) is 3.09. The van der Waals surface area contributed by atoms with E-state index in [2.05, 4.69) is 4.98 Å². The predicted molar refractivity (Wildman–Crippen MR) is 31.5 cm³/mol. The van der Waals surface area contributed by atoms with Crippen molar-refractivity contribution in [3.63, 3.8) is 0 Å². The third-order valence-corrected chi connectivity index (χ3v) is 0.812. The fourth-order valence-corrected chi connectivity index (χ4v) is 0.462. The standard InChI is InChI=1S/C5H5N3.H2O/c6-1-3-8-4-2-7-5-8;/h2,4-5H,3H2;1H2. The average molecular weight is 125 g/mol. The van der Waals surface area contributed by atoms with E-state index >= 15 is 0 Å². The van der Waals surface area contributed by atoms with Crippen molar-refractivity contribution in [2.75, 3.05) is 0 Å². The number of imidazole rings is 1. The first-order valence-electron chi connectivity index (χ1n) is 2.26. The van der Waals surface area contributed by atoms with E-state index in [-0.39, 0.29) is 5.48 Å². The van der Waals surface area contributed by atoms with Crippen LogP contribution < -0.4 is 0 Å². The van der Waals surface area contributed by atoms with Gasteiger partial charge in [0.25, 0.3) is 0 Å². The summed E-state index contributed by atoms with van der Waals surface area (Å²) in [6, 6.07) is 1.99. The minimum absolute atomic E-state index is 0. The Labute approximate surface area is 52.7 Å². The van der Waals surface area contributed by atoms with E-state index in [0.717, 1.165) is 0 Å². The summed E-state index contributed by atoms with van der Waals surface area (Å²) < 4.78 is 1.71. The number of hydrogen-bond acceptors (Lipinski definition) is 2. The van der Waals surface area contributed by atoms with Gasteiger partial charge in [-0.2, -0.15) is 5.26 Å². The van der Waals surface area contributed by atoms with E-state index in [1.807, 2.05) is 6.07 Å². The molecule has 1 aromatic heterocycles. The zero-order chi connectivity index (χ0) is 5.82. The SMILES string of the molecule is N#CCn1ccnc1.O. The van der Waals surface area contributed by atoms with Crippen LogP contribution in [0.3, 0.4) is 0 Å². The van der Waals surface area contributed by atoms with Crippen LogP contribution in [0.15, 0.2) is 18.7 Å². The molecule has 0 aliphatic heterocycles. The van der Waals surface area contributed by atoms with Crippen molar-refractivity contribution in [3.05, 3.63) is 18.7 Å². The van der Waals surface area contributed by atoms with Gasteiger partial charge in [0, 0.05) is 12.4 Å². The first kappa shape index (κ1) is 7.66. The molecule has 4 nitrogen and oxygen atoms in total. The largest absolute Gasteiger partial charge is 0.412 e. The quantitative estimate of drug-likeness (QED) is 0.511. The van der Waals surface area contributed by atoms with Crippen molar-refractivity contribution in [3.8, 4) is 6.07 Å². The van der Waals surface area contributed by atoms with Crippen LogP contribution in [0.5, 0.6) is 0 Å². The van der Waals surface area contributed by atoms with Gasteiger partial charge in [0.2, 0.25) is 0 Å². The van der Waals surface area contributed by atoms with E-state index in [4.69, 9.17) is 5.26 Å². The lowest BCUT2D eigenvalue weighted by Gasteiger charge is -1.85. The van der Waals surface area contributed by atoms with Crippen LogP contribution in [0.1, 0.15) is 0 Å². The van der Waals surface area contributed by atoms with Crippen molar-refractivity contribution >= 4 is 0 Å². The van der Waals surface area contributed by atoms with Crippen molar-refractivity contribution in [1.29, 1.82) is 5.26 Å². The zero-order valence-corrected chi connectivity index (χ0v) is 4.78. The maximum atomic E-state index is 8.14. The molecule has 0 amide bonds. The smallest absolute Gasteiger partial charge is 0.111 e. The molecule has 48 valence electrons. The van der Waals surface area contributed by atoms with Gasteiger partial charge in [-0.25, -0.2) is 4.98 Å². The molecule has 0 aliphatic rings. The summed E-state index contributed by atoms with van der Waals surface area (Å²) in [5, 5.41) is 8.14. The molecular formula is C5H7N3O. The van der Waals surface area contributed by atoms with Crippen LogP contribution in [0.25, 0.3) is 0 Å². The zero-order valence-electron chi connectivity index (χ0n) is 4.78. The fourth-order valence-electron chi connectivity index (χ4n) is 0.462. The molecule has 0 radical (unpaired) electrons. The van der Waals surface area contributed by atoms with E-state index in [0.29, 0.717) is 6.54 Å². The normalized spacial score (nSPS) is 7.44. The minimum atomic E-state index is 0. The van der Waals surface area contributed by atoms with Crippen LogP contribution in [0.4, 0.5) is 0 Å². The lowest BCUT2D eigenvalue weighted by molar-refractivity contribution is 0.824. The highest BCUT2D eigenvalue weighted by Crippen LogP contribution is 1.81. The second kappa shape index (κ2) is 3.64. The summed E-state index contributed by atoms with van der Waals surface area (Å²) in [5.74, 6) is 0. The molecule has 2 N–H and O–H groups in total. The van der Waals surface area contributed by atoms with Crippen molar-refractivity contribution in [2.24, 2.45) is 0 Å². The van der Waals surface area contributed by atoms with Crippen LogP contribution in [0.2, 0.25) is 0 Å². The number of hydrogen-bond donors (Lipinski definition) is 0. The van der Waals surface area contributed by atoms with Gasteiger partial charge in [-0.3, -0.25) is 0 Å². The summed E-state index contributed by atoms with van der Waals surface area (Å²) in [6.45, 7) is 0.389. The first-order valence-corrected chi connectivity index (χ1v) is 2.26. The Balaban J connectivity index is 0.000000640. The summed E-state index contributed by atoms with van der Waals surface area (Å²) >= 11 is 0.